The zero-order chi connectivity index (χ0) is 25.3. The fraction of sp³-hybridized carbons (Fsp3) is 0.571. The first-order valence-corrected chi connectivity index (χ1v) is 10.9. The number of hydrogen-bond donors (Lipinski definition) is 5. The number of rotatable bonds is 13. The summed E-state index contributed by atoms with van der Waals surface area (Å²) in [5, 5.41) is 29.6. The molecule has 1 amide bonds. The van der Waals surface area contributed by atoms with Crippen LogP contribution in [-0.4, -0.2) is 94.1 Å². The van der Waals surface area contributed by atoms with Crippen LogP contribution in [0.25, 0.3) is 0 Å². The Balaban J connectivity index is 2.16. The minimum Gasteiger partial charge on any atom is -0.481 e. The van der Waals surface area contributed by atoms with Crippen molar-refractivity contribution in [2.75, 3.05) is 44.7 Å². The number of ketones is 1. The molecule has 0 spiro atoms. The number of anilines is 1. The van der Waals surface area contributed by atoms with Crippen LogP contribution in [0.2, 0.25) is 0 Å². The van der Waals surface area contributed by atoms with Gasteiger partial charge in [0.05, 0.1) is 50.2 Å². The van der Waals surface area contributed by atoms with Crippen LogP contribution in [0.1, 0.15) is 32.7 Å². The lowest BCUT2D eigenvalue weighted by Gasteiger charge is -2.28. The maximum Gasteiger partial charge on any atom is 0.305 e. The van der Waals surface area contributed by atoms with E-state index in [9.17, 15) is 24.3 Å². The molecule has 0 saturated carbocycles. The summed E-state index contributed by atoms with van der Waals surface area (Å²) in [6.07, 6.45) is 2.27. The topological polar surface area (TPSA) is 191 Å². The molecule has 2 rings (SSSR count). The second-order valence-corrected chi connectivity index (χ2v) is 7.88. The Hall–Kier alpha value is -3.45. The molecule has 1 saturated heterocycles. The van der Waals surface area contributed by atoms with Gasteiger partial charge in [-0.1, -0.05) is 6.92 Å². The molecule has 0 aromatic carbocycles. The van der Waals surface area contributed by atoms with E-state index in [1.807, 2.05) is 4.90 Å². The number of aromatic nitrogens is 2. The average molecular weight is 478 g/mol. The third-order valence-corrected chi connectivity index (χ3v) is 5.35. The molecule has 1 aromatic heterocycles. The van der Waals surface area contributed by atoms with E-state index in [1.54, 1.807) is 6.92 Å². The van der Waals surface area contributed by atoms with Gasteiger partial charge in [-0.15, -0.1) is 0 Å². The fourth-order valence-electron chi connectivity index (χ4n) is 3.38. The van der Waals surface area contributed by atoms with Crippen molar-refractivity contribution in [3.8, 4) is 0 Å². The van der Waals surface area contributed by atoms with E-state index in [0.717, 1.165) is 4.57 Å². The molecular weight excluding hydrogens is 446 g/mol. The average Bonchev–Trinajstić information content (AvgIpc) is 2.79. The van der Waals surface area contributed by atoms with Crippen molar-refractivity contribution in [3.05, 3.63) is 22.7 Å². The molecule has 2 unspecified atom stereocenters. The van der Waals surface area contributed by atoms with Crippen molar-refractivity contribution in [1.82, 2.24) is 19.8 Å². The first-order chi connectivity index (χ1) is 16.1. The number of morpholine rings is 1. The highest BCUT2D eigenvalue weighted by Crippen LogP contribution is 2.11. The van der Waals surface area contributed by atoms with Crippen LogP contribution >= 0.6 is 0 Å². The summed E-state index contributed by atoms with van der Waals surface area (Å²) in [6.45, 7) is 5.05. The lowest BCUT2D eigenvalue weighted by molar-refractivity contribution is -0.140. The van der Waals surface area contributed by atoms with Gasteiger partial charge in [-0.3, -0.25) is 28.6 Å². The fourth-order valence-corrected chi connectivity index (χ4v) is 3.38. The molecule has 0 radical (unpaired) electrons. The molecule has 34 heavy (non-hydrogen) atoms. The van der Waals surface area contributed by atoms with Gasteiger partial charge in [-0.2, -0.15) is 0 Å². The van der Waals surface area contributed by atoms with Crippen LogP contribution in [-0.2, 0) is 19.1 Å². The second-order valence-electron chi connectivity index (χ2n) is 7.88. The van der Waals surface area contributed by atoms with E-state index in [-0.39, 0.29) is 36.8 Å². The molecule has 1 aromatic rings. The number of hydrogen-bond acceptors (Lipinski definition) is 10. The molecule has 0 aliphatic carbocycles. The van der Waals surface area contributed by atoms with Crippen molar-refractivity contribution >= 4 is 34.9 Å². The molecule has 1 aliphatic rings. The Bertz CT molecular complexity index is 986. The maximum atomic E-state index is 13.0. The van der Waals surface area contributed by atoms with E-state index in [4.69, 9.17) is 15.6 Å². The van der Waals surface area contributed by atoms with Gasteiger partial charge < -0.3 is 31.3 Å². The molecule has 2 atom stereocenters. The van der Waals surface area contributed by atoms with Crippen molar-refractivity contribution < 1.29 is 24.2 Å². The number of nitrogens with one attached hydrogen (secondary N) is 4. The molecule has 0 bridgehead atoms. The number of nitrogens with zero attached hydrogens (tertiary/aromatic N) is 3. The number of carbonyl (C=O) groups excluding carboxylic acids is 2. The van der Waals surface area contributed by atoms with Crippen LogP contribution in [0.15, 0.2) is 17.2 Å². The first-order valence-electron chi connectivity index (χ1n) is 10.9. The summed E-state index contributed by atoms with van der Waals surface area (Å²) >= 11 is 0. The summed E-state index contributed by atoms with van der Waals surface area (Å²) in [5.41, 5.74) is -0.591. The predicted molar refractivity (Wildman–Crippen MR) is 124 cm³/mol. The number of Topliss-reactive ketones (excluding diaryl/α,β-unsaturated/α-hetero) is 1. The SMILES string of the molecule is CCC(C(=O)NC(CC(=O)O)C(=O)CN1CCOCC1)n1ccnc(NCC(=N)C(C)=N)c1=O. The third-order valence-electron chi connectivity index (χ3n) is 5.35. The number of ether oxygens (including phenoxy) is 1. The van der Waals surface area contributed by atoms with E-state index in [1.165, 1.54) is 19.3 Å². The second kappa shape index (κ2) is 12.7. The van der Waals surface area contributed by atoms with Crippen molar-refractivity contribution in [2.45, 2.75) is 38.8 Å². The van der Waals surface area contributed by atoms with E-state index in [0.29, 0.717) is 26.3 Å². The Kier molecular flexibility index (Phi) is 10.0. The highest BCUT2D eigenvalue weighted by molar-refractivity contribution is 6.40. The maximum absolute atomic E-state index is 13.0. The minimum atomic E-state index is -1.24. The molecule has 13 heteroatoms. The Morgan fingerprint density at radius 3 is 2.53 bits per heavy atom. The zero-order valence-corrected chi connectivity index (χ0v) is 19.3. The van der Waals surface area contributed by atoms with E-state index in [2.05, 4.69) is 15.6 Å². The number of carboxylic acids is 1. The van der Waals surface area contributed by atoms with Gasteiger partial charge >= 0.3 is 5.97 Å². The van der Waals surface area contributed by atoms with Crippen LogP contribution in [0.3, 0.4) is 0 Å². The molecule has 5 N–H and O–H groups in total. The van der Waals surface area contributed by atoms with Crippen LogP contribution in [0.4, 0.5) is 5.82 Å². The lowest BCUT2D eigenvalue weighted by Crippen LogP contribution is -2.50. The Morgan fingerprint density at radius 2 is 1.94 bits per heavy atom. The van der Waals surface area contributed by atoms with Gasteiger partial charge in [0.25, 0.3) is 5.56 Å². The van der Waals surface area contributed by atoms with E-state index < -0.39 is 41.7 Å². The monoisotopic (exact) mass is 477 g/mol. The quantitative estimate of drug-likeness (QED) is 0.234. The van der Waals surface area contributed by atoms with Gasteiger partial charge in [0.15, 0.2) is 11.6 Å². The predicted octanol–water partition coefficient (Wildman–Crippen LogP) is -0.473. The number of carboxylic acid groups (broad SMARTS) is 1. The third kappa shape index (κ3) is 7.56. The normalized spacial score (nSPS) is 15.7. The highest BCUT2D eigenvalue weighted by Gasteiger charge is 2.29. The number of aliphatic carboxylic acids is 1. The lowest BCUT2D eigenvalue weighted by atomic mass is 10.1. The van der Waals surface area contributed by atoms with Gasteiger partial charge in [0.2, 0.25) is 5.91 Å². The number of carbonyl (C=O) groups is 3. The molecule has 1 aliphatic heterocycles. The van der Waals surface area contributed by atoms with Crippen molar-refractivity contribution in [2.24, 2.45) is 0 Å². The van der Waals surface area contributed by atoms with Crippen LogP contribution in [0, 0.1) is 10.8 Å². The smallest absolute Gasteiger partial charge is 0.305 e. The Labute approximate surface area is 196 Å². The summed E-state index contributed by atoms with van der Waals surface area (Å²) in [5.74, 6) is -2.42. The van der Waals surface area contributed by atoms with Gasteiger partial charge in [-0.25, -0.2) is 4.98 Å². The summed E-state index contributed by atoms with van der Waals surface area (Å²) in [6, 6.07) is -2.25. The molecule has 2 heterocycles. The highest BCUT2D eigenvalue weighted by atomic mass is 16.5. The standard InChI is InChI=1S/C21H31N7O6/c1-3-16(28-5-4-24-19(21(28)33)25-11-14(23)13(2)22)20(32)26-15(10-18(30)31)17(29)12-27-6-8-34-9-7-27/h4-5,15-16,22-23H,3,6-12H2,1-2H3,(H,24,25)(H,26,32)(H,30,31). The largest absolute Gasteiger partial charge is 0.481 e. The van der Waals surface area contributed by atoms with Crippen molar-refractivity contribution in [1.29, 1.82) is 10.8 Å². The van der Waals surface area contributed by atoms with Gasteiger partial charge in [-0.05, 0) is 13.3 Å². The van der Waals surface area contributed by atoms with Gasteiger partial charge in [0.1, 0.15) is 6.04 Å². The van der Waals surface area contributed by atoms with Crippen LogP contribution < -0.4 is 16.2 Å². The Morgan fingerprint density at radius 1 is 1.26 bits per heavy atom. The number of amides is 1. The van der Waals surface area contributed by atoms with Crippen molar-refractivity contribution in [3.63, 3.8) is 0 Å². The summed E-state index contributed by atoms with van der Waals surface area (Å²) in [4.78, 5) is 55.8. The molecule has 1 fully saturated rings. The molecule has 13 nitrogen and oxygen atoms in total. The van der Waals surface area contributed by atoms with E-state index >= 15 is 0 Å². The van der Waals surface area contributed by atoms with Crippen LogP contribution in [0.5, 0.6) is 0 Å². The first kappa shape index (κ1) is 26.8. The summed E-state index contributed by atoms with van der Waals surface area (Å²) in [7, 11) is 0. The zero-order valence-electron chi connectivity index (χ0n) is 19.3. The van der Waals surface area contributed by atoms with Gasteiger partial charge in [0, 0.05) is 25.5 Å². The summed E-state index contributed by atoms with van der Waals surface area (Å²) < 4.78 is 6.40. The molecular formula is C21H31N7O6. The minimum absolute atomic E-state index is 0.0138. The molecule has 186 valence electrons.